The molecule has 0 saturated carbocycles. The quantitative estimate of drug-likeness (QED) is 0.484. The van der Waals surface area contributed by atoms with Gasteiger partial charge in [-0.05, 0) is 33.1 Å². The summed E-state index contributed by atoms with van der Waals surface area (Å²) in [4.78, 5) is 0. The summed E-state index contributed by atoms with van der Waals surface area (Å²) in [5, 5.41) is 0. The number of piperidine rings is 1. The number of hydrogen-bond donors (Lipinski definition) is 0. The Morgan fingerprint density at radius 3 is 2.71 bits per heavy atom. The molecule has 118 valence electrons. The highest BCUT2D eigenvalue weighted by Crippen LogP contribution is 2.46. The summed E-state index contributed by atoms with van der Waals surface area (Å²) in [5.74, 6) is -1.22. The molecule has 1 aromatic rings. The summed E-state index contributed by atoms with van der Waals surface area (Å²) < 4.78 is 46.4. The van der Waals surface area contributed by atoms with Gasteiger partial charge in [-0.2, -0.15) is 13.2 Å². The summed E-state index contributed by atoms with van der Waals surface area (Å²) in [5.41, 5.74) is 1.90. The summed E-state index contributed by atoms with van der Waals surface area (Å²) >= 11 is 2.14. The predicted molar refractivity (Wildman–Crippen MR) is 87.0 cm³/mol. The Balaban J connectivity index is 2.29. The molecule has 2 unspecified atom stereocenters. The van der Waals surface area contributed by atoms with Crippen LogP contribution >= 0.6 is 30.3 Å². The Morgan fingerprint density at radius 2 is 2.10 bits per heavy atom. The van der Waals surface area contributed by atoms with E-state index in [1.54, 1.807) is 7.11 Å². The van der Waals surface area contributed by atoms with E-state index < -0.39 is 12.1 Å². The van der Waals surface area contributed by atoms with Crippen molar-refractivity contribution in [1.82, 2.24) is 4.31 Å². The van der Waals surface area contributed by atoms with Gasteiger partial charge >= 0.3 is 6.18 Å². The molecule has 0 N–H and O–H groups in total. The van der Waals surface area contributed by atoms with Crippen LogP contribution < -0.4 is 0 Å². The van der Waals surface area contributed by atoms with Crippen LogP contribution in [-0.4, -0.2) is 24.1 Å². The fourth-order valence-corrected chi connectivity index (χ4v) is 4.64. The minimum absolute atomic E-state index is 0.111. The van der Waals surface area contributed by atoms with Crippen molar-refractivity contribution in [2.75, 3.05) is 13.7 Å². The van der Waals surface area contributed by atoms with Gasteiger partial charge in [-0.25, -0.2) is 4.31 Å². The van der Waals surface area contributed by atoms with E-state index in [0.29, 0.717) is 13.2 Å². The van der Waals surface area contributed by atoms with E-state index in [1.807, 2.05) is 28.6 Å². The second-order valence-electron chi connectivity index (χ2n) is 5.12. The Bertz CT molecular complexity index is 472. The van der Waals surface area contributed by atoms with E-state index in [1.165, 1.54) is 9.12 Å². The van der Waals surface area contributed by atoms with Crippen LogP contribution in [0.15, 0.2) is 24.3 Å². The molecular formula is C14H17F3INOS. The van der Waals surface area contributed by atoms with Gasteiger partial charge in [0.2, 0.25) is 0 Å². The van der Waals surface area contributed by atoms with Crippen molar-refractivity contribution >= 4 is 30.3 Å². The monoisotopic (exact) mass is 431 g/mol. The fourth-order valence-electron chi connectivity index (χ4n) is 2.75. The van der Waals surface area contributed by atoms with Gasteiger partial charge in [0.15, 0.2) is 0 Å². The molecule has 1 aliphatic heterocycles. The Hall–Kier alpha value is 0.01000. The fraction of sp³-hybridized carbons (Fsp3) is 0.571. The van der Waals surface area contributed by atoms with Gasteiger partial charge < -0.3 is 4.74 Å². The van der Waals surface area contributed by atoms with Crippen molar-refractivity contribution in [3.8, 4) is 0 Å². The normalized spacial score (nSPS) is 24.2. The van der Waals surface area contributed by atoms with E-state index >= 15 is 0 Å². The first-order valence-electron chi connectivity index (χ1n) is 6.66. The SMILES string of the molecule is COCc1ccccc1C1CC(C(F)(F)F)CCN1SI. The van der Waals surface area contributed by atoms with Gasteiger partial charge in [0.05, 0.1) is 12.5 Å². The maximum Gasteiger partial charge on any atom is 0.391 e. The van der Waals surface area contributed by atoms with Crippen LogP contribution in [0.5, 0.6) is 0 Å². The van der Waals surface area contributed by atoms with Crippen LogP contribution in [0.1, 0.15) is 30.0 Å². The lowest BCUT2D eigenvalue weighted by Crippen LogP contribution is -2.38. The minimum atomic E-state index is -4.11. The average molecular weight is 431 g/mol. The number of nitrogens with zero attached hydrogens (tertiary/aromatic N) is 1. The van der Waals surface area contributed by atoms with Gasteiger partial charge in [-0.15, -0.1) is 0 Å². The van der Waals surface area contributed by atoms with E-state index in [-0.39, 0.29) is 18.9 Å². The summed E-state index contributed by atoms with van der Waals surface area (Å²) in [6.07, 6.45) is -3.83. The average Bonchev–Trinajstić information content (AvgIpc) is 2.46. The molecule has 1 aliphatic rings. The summed E-state index contributed by atoms with van der Waals surface area (Å²) in [6.45, 7) is 0.868. The lowest BCUT2D eigenvalue weighted by molar-refractivity contribution is -0.186. The highest BCUT2D eigenvalue weighted by molar-refractivity contribution is 14.2. The Labute approximate surface area is 139 Å². The van der Waals surface area contributed by atoms with E-state index in [4.69, 9.17) is 4.74 Å². The largest absolute Gasteiger partial charge is 0.391 e. The van der Waals surface area contributed by atoms with Crippen molar-refractivity contribution in [1.29, 1.82) is 0 Å². The van der Waals surface area contributed by atoms with Crippen LogP contribution in [0.4, 0.5) is 13.2 Å². The number of methoxy groups -OCH3 is 1. The van der Waals surface area contributed by atoms with Gasteiger partial charge in [0.25, 0.3) is 0 Å². The van der Waals surface area contributed by atoms with Crippen LogP contribution in [0.3, 0.4) is 0 Å². The lowest BCUT2D eigenvalue weighted by atomic mass is 9.86. The molecule has 0 spiro atoms. The van der Waals surface area contributed by atoms with Crippen molar-refractivity contribution in [3.05, 3.63) is 35.4 Å². The van der Waals surface area contributed by atoms with E-state index in [9.17, 15) is 13.2 Å². The molecule has 0 bridgehead atoms. The van der Waals surface area contributed by atoms with Gasteiger partial charge in [-0.1, -0.05) is 24.3 Å². The van der Waals surface area contributed by atoms with Gasteiger partial charge in [0, 0.05) is 40.9 Å². The zero-order valence-corrected chi connectivity index (χ0v) is 14.5. The zero-order valence-electron chi connectivity index (χ0n) is 11.6. The first-order chi connectivity index (χ1) is 9.97. The molecule has 1 fully saturated rings. The molecule has 2 nitrogen and oxygen atoms in total. The van der Waals surface area contributed by atoms with Crippen LogP contribution in [0.2, 0.25) is 0 Å². The third-order valence-electron chi connectivity index (χ3n) is 3.82. The third kappa shape index (κ3) is 4.27. The topological polar surface area (TPSA) is 12.5 Å². The zero-order chi connectivity index (χ0) is 15.5. The predicted octanol–water partition coefficient (Wildman–Crippen LogP) is 5.15. The van der Waals surface area contributed by atoms with E-state index in [2.05, 4.69) is 21.2 Å². The number of benzene rings is 1. The minimum Gasteiger partial charge on any atom is -0.380 e. The highest BCUT2D eigenvalue weighted by atomic mass is 127. The number of halogens is 4. The molecular weight excluding hydrogens is 414 g/mol. The second-order valence-corrected chi connectivity index (χ2v) is 6.91. The van der Waals surface area contributed by atoms with E-state index in [0.717, 1.165) is 11.1 Å². The van der Waals surface area contributed by atoms with Crippen molar-refractivity contribution in [3.63, 3.8) is 0 Å². The molecule has 21 heavy (non-hydrogen) atoms. The standard InChI is InChI=1S/C14H17F3INOS/c1-20-9-10-4-2-3-5-12(10)13-8-11(14(15,16)17)6-7-19(13)21-18/h2-5,11,13H,6-9H2,1H3. The number of alkyl halides is 3. The number of ether oxygens (including phenoxy) is 1. The van der Waals surface area contributed by atoms with Gasteiger partial charge in [-0.3, -0.25) is 0 Å². The Morgan fingerprint density at radius 1 is 1.38 bits per heavy atom. The van der Waals surface area contributed by atoms with Crippen molar-refractivity contribution in [2.45, 2.75) is 31.7 Å². The smallest absolute Gasteiger partial charge is 0.380 e. The van der Waals surface area contributed by atoms with Crippen LogP contribution in [0, 0.1) is 5.92 Å². The first kappa shape index (κ1) is 17.4. The molecule has 1 aromatic carbocycles. The van der Waals surface area contributed by atoms with Crippen LogP contribution in [0.25, 0.3) is 0 Å². The molecule has 0 aromatic heterocycles. The first-order valence-corrected chi connectivity index (χ1v) is 9.97. The summed E-state index contributed by atoms with van der Waals surface area (Å²) in [7, 11) is 3.08. The molecule has 0 radical (unpaired) electrons. The maximum absolute atomic E-state index is 13.1. The molecule has 7 heteroatoms. The summed E-state index contributed by atoms with van der Waals surface area (Å²) in [6, 6.07) is 7.38. The van der Waals surface area contributed by atoms with Crippen molar-refractivity contribution in [2.24, 2.45) is 5.92 Å². The molecule has 0 amide bonds. The molecule has 1 saturated heterocycles. The lowest BCUT2D eigenvalue weighted by Gasteiger charge is -2.39. The van der Waals surface area contributed by atoms with Crippen LogP contribution in [-0.2, 0) is 11.3 Å². The van der Waals surface area contributed by atoms with Gasteiger partial charge in [0.1, 0.15) is 0 Å². The third-order valence-corrected chi connectivity index (χ3v) is 5.95. The highest BCUT2D eigenvalue weighted by Gasteiger charge is 2.45. The van der Waals surface area contributed by atoms with Crippen molar-refractivity contribution < 1.29 is 17.9 Å². The molecule has 2 rings (SSSR count). The molecule has 2 atom stereocenters. The number of rotatable bonds is 4. The number of hydrogen-bond acceptors (Lipinski definition) is 3. The maximum atomic E-state index is 13.1. The Kier molecular flexibility index (Phi) is 6.22. The molecule has 0 aliphatic carbocycles. The second kappa shape index (κ2) is 7.52. The molecule has 1 heterocycles.